The molecule has 0 aliphatic carbocycles. The minimum absolute atomic E-state index is 0.0360. The number of carbonyl (C=O) groups excluding carboxylic acids is 2. The Labute approximate surface area is 235 Å². The molecule has 4 aromatic rings. The molecule has 1 aliphatic rings. The number of nitrogens with two attached hydrogens (primary N) is 1. The Hall–Kier alpha value is -5.02. The molecule has 1 saturated heterocycles. The number of aryl methyl sites for hydroxylation is 1. The zero-order valence-corrected chi connectivity index (χ0v) is 22.8. The Morgan fingerprint density at radius 1 is 1.15 bits per heavy atom. The Bertz CT molecular complexity index is 1810. The van der Waals surface area contributed by atoms with Gasteiger partial charge in [0.15, 0.2) is 16.9 Å². The average Bonchev–Trinajstić information content (AvgIpc) is 3.37. The number of piperidine rings is 1. The lowest BCUT2D eigenvalue weighted by atomic mass is 10.1. The number of pyridine rings is 1. The van der Waals surface area contributed by atoms with Gasteiger partial charge in [0.05, 0.1) is 24.3 Å². The van der Waals surface area contributed by atoms with E-state index in [9.17, 15) is 19.2 Å². The maximum absolute atomic E-state index is 13.8. The molecule has 1 unspecified atom stereocenters. The minimum Gasteiger partial charge on any atom is -0.341 e. The zero-order chi connectivity index (χ0) is 29.1. The van der Waals surface area contributed by atoms with Crippen molar-refractivity contribution in [2.75, 3.05) is 23.3 Å². The first-order valence-corrected chi connectivity index (χ1v) is 13.2. The van der Waals surface area contributed by atoms with Gasteiger partial charge in [-0.2, -0.15) is 4.98 Å². The van der Waals surface area contributed by atoms with Crippen LogP contribution in [0.4, 0.5) is 11.6 Å². The van der Waals surface area contributed by atoms with Gasteiger partial charge >= 0.3 is 5.69 Å². The summed E-state index contributed by atoms with van der Waals surface area (Å²) in [5, 5.41) is 2.72. The van der Waals surface area contributed by atoms with Gasteiger partial charge in [0.25, 0.3) is 11.5 Å². The predicted octanol–water partition coefficient (Wildman–Crippen LogP) is 1.38. The van der Waals surface area contributed by atoms with E-state index in [2.05, 4.69) is 27.1 Å². The van der Waals surface area contributed by atoms with Crippen LogP contribution in [0.1, 0.15) is 40.5 Å². The molecule has 1 amide bonds. The van der Waals surface area contributed by atoms with Crippen molar-refractivity contribution in [3.05, 3.63) is 80.8 Å². The maximum atomic E-state index is 13.8. The van der Waals surface area contributed by atoms with Crippen LogP contribution in [-0.4, -0.2) is 54.5 Å². The molecule has 0 spiro atoms. The van der Waals surface area contributed by atoms with Crippen LogP contribution in [-0.2, 0) is 20.1 Å². The van der Waals surface area contributed by atoms with Crippen molar-refractivity contribution in [2.24, 2.45) is 12.8 Å². The van der Waals surface area contributed by atoms with Gasteiger partial charge in [-0.3, -0.25) is 33.1 Å². The fourth-order valence-electron chi connectivity index (χ4n) is 5.00. The minimum atomic E-state index is -0.680. The summed E-state index contributed by atoms with van der Waals surface area (Å²) in [6.07, 6.45) is 4.73. The van der Waals surface area contributed by atoms with Crippen molar-refractivity contribution >= 4 is 34.5 Å². The number of imidazole rings is 1. The Kier molecular flexibility index (Phi) is 7.80. The largest absolute Gasteiger partial charge is 0.341 e. The average molecular weight is 555 g/mol. The number of ketones is 1. The van der Waals surface area contributed by atoms with Crippen molar-refractivity contribution in [3.63, 3.8) is 0 Å². The molecule has 1 aromatic carbocycles. The van der Waals surface area contributed by atoms with Crippen LogP contribution >= 0.6 is 0 Å². The number of fused-ring (bicyclic) bond motifs is 1. The number of carbonyl (C=O) groups is 2. The number of anilines is 2. The second-order valence-corrected chi connectivity index (χ2v) is 9.84. The molecule has 1 fully saturated rings. The number of aromatic nitrogens is 5. The van der Waals surface area contributed by atoms with E-state index in [1.807, 2.05) is 4.90 Å². The number of benzene rings is 1. The molecule has 41 heavy (non-hydrogen) atoms. The summed E-state index contributed by atoms with van der Waals surface area (Å²) < 4.78 is 3.85. The molecule has 12 nitrogen and oxygen atoms in total. The van der Waals surface area contributed by atoms with E-state index in [4.69, 9.17) is 5.73 Å². The third-order valence-electron chi connectivity index (χ3n) is 7.07. The summed E-state index contributed by atoms with van der Waals surface area (Å²) in [5.74, 6) is 5.38. The third-order valence-corrected chi connectivity index (χ3v) is 7.07. The van der Waals surface area contributed by atoms with Crippen LogP contribution in [0.3, 0.4) is 0 Å². The van der Waals surface area contributed by atoms with Gasteiger partial charge < -0.3 is 16.0 Å². The van der Waals surface area contributed by atoms with E-state index in [1.54, 1.807) is 48.0 Å². The van der Waals surface area contributed by atoms with E-state index < -0.39 is 29.5 Å². The Morgan fingerprint density at radius 2 is 1.95 bits per heavy atom. The van der Waals surface area contributed by atoms with Gasteiger partial charge in [0, 0.05) is 44.1 Å². The van der Waals surface area contributed by atoms with Crippen LogP contribution in [0.5, 0.6) is 0 Å². The fourth-order valence-corrected chi connectivity index (χ4v) is 5.00. The van der Waals surface area contributed by atoms with Crippen LogP contribution in [0.15, 0.2) is 58.4 Å². The second-order valence-electron chi connectivity index (χ2n) is 9.84. The van der Waals surface area contributed by atoms with E-state index in [-0.39, 0.29) is 35.0 Å². The first kappa shape index (κ1) is 27.5. The molecular weight excluding hydrogens is 524 g/mol. The number of hydrogen-bond donors (Lipinski definition) is 2. The molecule has 0 radical (unpaired) electrons. The fraction of sp³-hybridized carbons (Fsp3) is 0.310. The molecule has 3 aromatic heterocycles. The highest BCUT2D eigenvalue weighted by Crippen LogP contribution is 2.23. The number of rotatable bonds is 7. The molecule has 3 N–H and O–H groups in total. The molecule has 5 rings (SSSR count). The number of amides is 1. The lowest BCUT2D eigenvalue weighted by molar-refractivity contribution is 0.0969. The standard InChI is InChI=1S/C29H30N8O4/c1-3-4-15-36-24-25(33-28(36)35-14-8-10-20(30)17-35)34(2)29(41)37(27(24)40)18-23(38)21-11-5-6-12-22(21)32-26(39)19-9-7-13-31-16-19/h5-7,9,11-13,16,20H,8,10,14-15,17-18,30H2,1-2H3,(H,32,39). The first-order valence-electron chi connectivity index (χ1n) is 13.2. The van der Waals surface area contributed by atoms with Crippen LogP contribution < -0.4 is 27.2 Å². The Morgan fingerprint density at radius 3 is 2.68 bits per heavy atom. The van der Waals surface area contributed by atoms with Crippen molar-refractivity contribution in [1.82, 2.24) is 23.7 Å². The van der Waals surface area contributed by atoms with Gasteiger partial charge in [0.2, 0.25) is 5.95 Å². The molecule has 1 atom stereocenters. The van der Waals surface area contributed by atoms with Crippen LogP contribution in [0.25, 0.3) is 11.2 Å². The van der Waals surface area contributed by atoms with E-state index in [0.29, 0.717) is 24.6 Å². The first-order chi connectivity index (χ1) is 19.8. The number of para-hydroxylation sites is 1. The van der Waals surface area contributed by atoms with Gasteiger partial charge in [-0.25, -0.2) is 4.79 Å². The van der Waals surface area contributed by atoms with Gasteiger partial charge in [-0.1, -0.05) is 18.1 Å². The van der Waals surface area contributed by atoms with Gasteiger partial charge in [-0.15, -0.1) is 5.92 Å². The summed E-state index contributed by atoms with van der Waals surface area (Å²) in [7, 11) is 1.52. The summed E-state index contributed by atoms with van der Waals surface area (Å²) in [4.78, 5) is 64.1. The van der Waals surface area contributed by atoms with Gasteiger partial charge in [0.1, 0.15) is 0 Å². The van der Waals surface area contributed by atoms with Crippen molar-refractivity contribution < 1.29 is 9.59 Å². The molecule has 4 heterocycles. The SMILES string of the molecule is CC#CCn1c(N2CCCC(N)C2)nc2c1c(=O)n(CC(=O)c1ccccc1NC(=O)c1cccnc1)c(=O)n2C. The van der Waals surface area contributed by atoms with Crippen LogP contribution in [0, 0.1) is 11.8 Å². The molecule has 1 aliphatic heterocycles. The van der Waals surface area contributed by atoms with Crippen molar-refractivity contribution in [2.45, 2.75) is 38.9 Å². The summed E-state index contributed by atoms with van der Waals surface area (Å²) >= 11 is 0. The smallest absolute Gasteiger partial charge is 0.332 e. The molecule has 210 valence electrons. The summed E-state index contributed by atoms with van der Waals surface area (Å²) in [6, 6.07) is 9.63. The van der Waals surface area contributed by atoms with E-state index >= 15 is 0 Å². The second kappa shape index (κ2) is 11.6. The lowest BCUT2D eigenvalue weighted by Gasteiger charge is -2.31. The molecule has 0 saturated carbocycles. The number of nitrogens with one attached hydrogen (secondary N) is 1. The highest BCUT2D eigenvalue weighted by atomic mass is 16.2. The highest BCUT2D eigenvalue weighted by Gasteiger charge is 2.27. The molecule has 0 bridgehead atoms. The highest BCUT2D eigenvalue weighted by molar-refractivity contribution is 6.09. The van der Waals surface area contributed by atoms with E-state index in [0.717, 1.165) is 17.4 Å². The molecular formula is C29H30N8O4. The van der Waals surface area contributed by atoms with Gasteiger partial charge in [-0.05, 0) is 44.0 Å². The van der Waals surface area contributed by atoms with Crippen molar-refractivity contribution in [3.8, 4) is 11.8 Å². The predicted molar refractivity (Wildman–Crippen MR) is 155 cm³/mol. The lowest BCUT2D eigenvalue weighted by Crippen LogP contribution is -2.44. The zero-order valence-electron chi connectivity index (χ0n) is 22.8. The third kappa shape index (κ3) is 5.39. The number of hydrogen-bond acceptors (Lipinski definition) is 8. The topological polar surface area (TPSA) is 150 Å². The summed E-state index contributed by atoms with van der Waals surface area (Å²) in [5.41, 5.74) is 6.00. The normalized spacial score (nSPS) is 14.9. The summed E-state index contributed by atoms with van der Waals surface area (Å²) in [6.45, 7) is 2.62. The maximum Gasteiger partial charge on any atom is 0.332 e. The van der Waals surface area contributed by atoms with Crippen molar-refractivity contribution in [1.29, 1.82) is 0 Å². The number of nitrogens with zero attached hydrogens (tertiary/aromatic N) is 6. The monoisotopic (exact) mass is 554 g/mol. The number of Topliss-reactive ketones (excluding diaryl/α,β-unsaturated/α-hetero) is 1. The Balaban J connectivity index is 1.55. The quantitative estimate of drug-likeness (QED) is 0.257. The van der Waals surface area contributed by atoms with Crippen LogP contribution in [0.2, 0.25) is 0 Å². The molecule has 12 heteroatoms. The van der Waals surface area contributed by atoms with E-state index in [1.165, 1.54) is 23.9 Å².